The Morgan fingerprint density at radius 3 is 2.64 bits per heavy atom. The van der Waals surface area contributed by atoms with Gasteiger partial charge in [0.15, 0.2) is 0 Å². The predicted molar refractivity (Wildman–Crippen MR) is 82.8 cm³/mol. The SMILES string of the molecule is O=C(NCc1cccc(=O)[nH]1)c1cc2ccccc2[nH]c1=O. The van der Waals surface area contributed by atoms with Gasteiger partial charge < -0.3 is 15.3 Å². The van der Waals surface area contributed by atoms with Crippen molar-refractivity contribution in [2.45, 2.75) is 6.54 Å². The number of hydrogen-bond donors (Lipinski definition) is 3. The minimum absolute atomic E-state index is 0.0389. The van der Waals surface area contributed by atoms with Gasteiger partial charge in [-0.3, -0.25) is 14.4 Å². The molecule has 0 atom stereocenters. The van der Waals surface area contributed by atoms with Crippen molar-refractivity contribution >= 4 is 16.8 Å². The van der Waals surface area contributed by atoms with Gasteiger partial charge in [0.05, 0.1) is 6.54 Å². The van der Waals surface area contributed by atoms with Crippen molar-refractivity contribution in [1.82, 2.24) is 15.3 Å². The zero-order chi connectivity index (χ0) is 15.5. The van der Waals surface area contributed by atoms with E-state index in [4.69, 9.17) is 0 Å². The Morgan fingerprint density at radius 2 is 1.82 bits per heavy atom. The second-order valence-electron chi connectivity index (χ2n) is 4.82. The van der Waals surface area contributed by atoms with E-state index in [0.29, 0.717) is 11.2 Å². The number of aromatic nitrogens is 2. The molecule has 0 saturated heterocycles. The van der Waals surface area contributed by atoms with E-state index >= 15 is 0 Å². The molecule has 1 aromatic carbocycles. The maximum Gasteiger partial charge on any atom is 0.261 e. The highest BCUT2D eigenvalue weighted by molar-refractivity contribution is 5.97. The summed E-state index contributed by atoms with van der Waals surface area (Å²) in [5.74, 6) is -0.489. The second-order valence-corrected chi connectivity index (χ2v) is 4.82. The van der Waals surface area contributed by atoms with Crippen molar-refractivity contribution in [1.29, 1.82) is 0 Å². The number of para-hydroxylation sites is 1. The van der Waals surface area contributed by atoms with Gasteiger partial charge in [0.25, 0.3) is 11.5 Å². The third-order valence-corrected chi connectivity index (χ3v) is 3.27. The molecule has 0 aliphatic rings. The third-order valence-electron chi connectivity index (χ3n) is 3.27. The standard InChI is InChI=1S/C16H13N3O3/c20-14-7-3-5-11(18-14)9-17-15(21)12-8-10-4-1-2-6-13(10)19-16(12)22/h1-8H,9H2,(H,17,21)(H,18,20)(H,19,22). The molecule has 0 saturated carbocycles. The summed E-state index contributed by atoms with van der Waals surface area (Å²) in [5.41, 5.74) is 0.597. The van der Waals surface area contributed by atoms with Gasteiger partial charge >= 0.3 is 0 Å². The van der Waals surface area contributed by atoms with Gasteiger partial charge in [-0.25, -0.2) is 0 Å². The molecule has 6 heteroatoms. The summed E-state index contributed by atoms with van der Waals surface area (Å²) in [6.45, 7) is 0.140. The maximum absolute atomic E-state index is 12.1. The van der Waals surface area contributed by atoms with Crippen LogP contribution in [0.15, 0.2) is 58.1 Å². The molecule has 0 unspecified atom stereocenters. The molecule has 0 bridgehead atoms. The summed E-state index contributed by atoms with van der Waals surface area (Å²) in [6, 6.07) is 13.5. The number of carbonyl (C=O) groups is 1. The van der Waals surface area contributed by atoms with Crippen molar-refractivity contribution in [2.75, 3.05) is 0 Å². The van der Waals surface area contributed by atoms with Gasteiger partial charge in [0.1, 0.15) is 5.56 Å². The fourth-order valence-electron chi connectivity index (χ4n) is 2.18. The molecule has 0 radical (unpaired) electrons. The highest BCUT2D eigenvalue weighted by Crippen LogP contribution is 2.10. The quantitative estimate of drug-likeness (QED) is 0.676. The molecule has 6 nitrogen and oxygen atoms in total. The third kappa shape index (κ3) is 2.80. The van der Waals surface area contributed by atoms with Crippen LogP contribution in [-0.4, -0.2) is 15.9 Å². The van der Waals surface area contributed by atoms with E-state index in [1.807, 2.05) is 18.2 Å². The van der Waals surface area contributed by atoms with E-state index in [9.17, 15) is 14.4 Å². The zero-order valence-electron chi connectivity index (χ0n) is 11.6. The molecule has 1 amide bonds. The average Bonchev–Trinajstić information content (AvgIpc) is 2.52. The minimum atomic E-state index is -0.489. The molecule has 110 valence electrons. The molecule has 0 aliphatic carbocycles. The van der Waals surface area contributed by atoms with E-state index in [1.54, 1.807) is 24.3 Å². The van der Waals surface area contributed by atoms with Crippen LogP contribution in [0.25, 0.3) is 10.9 Å². The van der Waals surface area contributed by atoms with Crippen LogP contribution in [0.5, 0.6) is 0 Å². The molecular formula is C16H13N3O3. The molecule has 2 aromatic heterocycles. The van der Waals surface area contributed by atoms with E-state index in [2.05, 4.69) is 15.3 Å². The Hall–Kier alpha value is -3.15. The topological polar surface area (TPSA) is 94.8 Å². The van der Waals surface area contributed by atoms with Gasteiger partial charge in [-0.05, 0) is 23.6 Å². The number of carbonyl (C=O) groups excluding carboxylic acids is 1. The van der Waals surface area contributed by atoms with Crippen LogP contribution in [0.4, 0.5) is 0 Å². The summed E-state index contributed by atoms with van der Waals surface area (Å²) < 4.78 is 0. The lowest BCUT2D eigenvalue weighted by atomic mass is 10.1. The first-order chi connectivity index (χ1) is 10.6. The number of nitrogens with one attached hydrogen (secondary N) is 3. The number of H-pyrrole nitrogens is 2. The molecule has 0 fully saturated rings. The van der Waals surface area contributed by atoms with Gasteiger partial charge in [-0.15, -0.1) is 0 Å². The first kappa shape index (κ1) is 13.8. The highest BCUT2D eigenvalue weighted by atomic mass is 16.2. The monoisotopic (exact) mass is 295 g/mol. The van der Waals surface area contributed by atoms with Crippen molar-refractivity contribution in [3.8, 4) is 0 Å². The molecule has 2 heterocycles. The largest absolute Gasteiger partial charge is 0.346 e. The molecule has 3 rings (SSSR count). The lowest BCUT2D eigenvalue weighted by Crippen LogP contribution is -2.29. The van der Waals surface area contributed by atoms with Crippen LogP contribution in [0.1, 0.15) is 16.1 Å². The molecule has 0 aliphatic heterocycles. The number of aromatic amines is 2. The summed E-state index contributed by atoms with van der Waals surface area (Å²) in [6.07, 6.45) is 0. The Morgan fingerprint density at radius 1 is 1.00 bits per heavy atom. The number of benzene rings is 1. The highest BCUT2D eigenvalue weighted by Gasteiger charge is 2.11. The van der Waals surface area contributed by atoms with Crippen molar-refractivity contribution in [3.63, 3.8) is 0 Å². The van der Waals surface area contributed by atoms with Crippen molar-refractivity contribution in [2.24, 2.45) is 0 Å². The molecule has 22 heavy (non-hydrogen) atoms. The van der Waals surface area contributed by atoms with Crippen LogP contribution in [0.3, 0.4) is 0 Å². The van der Waals surface area contributed by atoms with Crippen LogP contribution >= 0.6 is 0 Å². The lowest BCUT2D eigenvalue weighted by molar-refractivity contribution is 0.0949. The lowest BCUT2D eigenvalue weighted by Gasteiger charge is -2.06. The first-order valence-corrected chi connectivity index (χ1v) is 6.72. The normalized spacial score (nSPS) is 10.5. The van der Waals surface area contributed by atoms with Crippen LogP contribution < -0.4 is 16.4 Å². The van der Waals surface area contributed by atoms with Crippen LogP contribution in [0, 0.1) is 0 Å². The van der Waals surface area contributed by atoms with Crippen LogP contribution in [0.2, 0.25) is 0 Å². The van der Waals surface area contributed by atoms with E-state index < -0.39 is 11.5 Å². The molecule has 3 N–H and O–H groups in total. The van der Waals surface area contributed by atoms with Gasteiger partial charge in [0, 0.05) is 17.3 Å². The smallest absolute Gasteiger partial charge is 0.261 e. The number of fused-ring (bicyclic) bond motifs is 1. The molecule has 3 aromatic rings. The van der Waals surface area contributed by atoms with E-state index in [-0.39, 0.29) is 17.7 Å². The van der Waals surface area contributed by atoms with Crippen LogP contribution in [-0.2, 0) is 6.54 Å². The van der Waals surface area contributed by atoms with E-state index in [0.717, 1.165) is 5.39 Å². The second kappa shape index (κ2) is 5.69. The summed E-state index contributed by atoms with van der Waals surface area (Å²) in [7, 11) is 0. The first-order valence-electron chi connectivity index (χ1n) is 6.72. The number of hydrogen-bond acceptors (Lipinski definition) is 3. The molecule has 0 spiro atoms. The fraction of sp³-hybridized carbons (Fsp3) is 0.0625. The van der Waals surface area contributed by atoms with Gasteiger partial charge in [-0.2, -0.15) is 0 Å². The number of amides is 1. The predicted octanol–water partition coefficient (Wildman–Crippen LogP) is 1.15. The van der Waals surface area contributed by atoms with Crippen molar-refractivity contribution in [3.05, 3.63) is 80.5 Å². The summed E-state index contributed by atoms with van der Waals surface area (Å²) in [4.78, 5) is 40.6. The minimum Gasteiger partial charge on any atom is -0.346 e. The Kier molecular flexibility index (Phi) is 3.57. The van der Waals surface area contributed by atoms with Crippen molar-refractivity contribution < 1.29 is 4.79 Å². The fourth-order valence-corrected chi connectivity index (χ4v) is 2.18. The molecular weight excluding hydrogens is 282 g/mol. The van der Waals surface area contributed by atoms with E-state index in [1.165, 1.54) is 6.07 Å². The summed E-state index contributed by atoms with van der Waals surface area (Å²) in [5, 5.41) is 3.40. The Labute approximate surface area is 124 Å². The Balaban J connectivity index is 1.84. The number of pyridine rings is 2. The average molecular weight is 295 g/mol. The zero-order valence-corrected chi connectivity index (χ0v) is 11.6. The Bertz CT molecular complexity index is 956. The van der Waals surface area contributed by atoms with Gasteiger partial charge in [-0.1, -0.05) is 24.3 Å². The maximum atomic E-state index is 12.1. The summed E-state index contributed by atoms with van der Waals surface area (Å²) >= 11 is 0. The van der Waals surface area contributed by atoms with Gasteiger partial charge in [0.2, 0.25) is 5.56 Å². The number of rotatable bonds is 3.